The highest BCUT2D eigenvalue weighted by atomic mass is 33.1. The second-order valence-electron chi connectivity index (χ2n) is 26.8. The third kappa shape index (κ3) is 33.3. The Kier molecular flexibility index (Phi) is 39.4. The highest BCUT2D eigenvalue weighted by Gasteiger charge is 2.42. The van der Waals surface area contributed by atoms with Gasteiger partial charge in [-0.05, 0) is 57.7 Å². The lowest BCUT2D eigenvalue weighted by molar-refractivity contribution is -0.143. The molecule has 0 aliphatic carbocycles. The molecule has 3 aliphatic heterocycles. The Morgan fingerprint density at radius 2 is 1.00 bits per heavy atom. The molecule has 120 heavy (non-hydrogen) atoms. The number of carboxylic acid groups (broad SMARTS) is 2. The minimum Gasteiger partial charge on any atom is -0.481 e. The van der Waals surface area contributed by atoms with E-state index in [1.165, 1.54) is 19.4 Å². The van der Waals surface area contributed by atoms with E-state index in [1.54, 1.807) is 0 Å². The molecule has 19 amide bonds. The number of rotatable bonds is 21. The third-order valence-electron chi connectivity index (χ3n) is 17.4. The zero-order chi connectivity index (χ0) is 89.4. The predicted molar refractivity (Wildman–Crippen MR) is 418 cm³/mol. The zero-order valence-electron chi connectivity index (χ0n) is 64.0. The number of fused-ring (bicyclic) bond motifs is 9. The lowest BCUT2D eigenvalue weighted by atomic mass is 10.0. The number of carbonyl (C=O) groups excluding carboxylic acids is 19. The summed E-state index contributed by atoms with van der Waals surface area (Å²) in [6, 6.07) is -24.2. The van der Waals surface area contributed by atoms with Crippen LogP contribution in [0.4, 0.5) is 0 Å². The molecule has 2 bridgehead atoms. The normalized spacial score (nSPS) is 26.2. The third-order valence-corrected chi connectivity index (χ3v) is 22.6. The molecule has 50 nitrogen and oxygen atoms in total. The Labute approximate surface area is 697 Å². The van der Waals surface area contributed by atoms with E-state index in [2.05, 4.69) is 88.6 Å². The number of amides is 19. The van der Waals surface area contributed by atoms with Crippen molar-refractivity contribution >= 4 is 178 Å². The summed E-state index contributed by atoms with van der Waals surface area (Å²) in [4.78, 5) is 297. The van der Waals surface area contributed by atoms with Gasteiger partial charge in [-0.15, -0.1) is 0 Å². The molecule has 4 heterocycles. The van der Waals surface area contributed by atoms with Gasteiger partial charge in [0.05, 0.1) is 45.3 Å². The van der Waals surface area contributed by atoms with Crippen molar-refractivity contribution in [3.05, 3.63) is 48.0 Å². The average molecular weight is 1790 g/mol. The Balaban J connectivity index is 1.69. The number of carbonyl (C=O) groups is 21. The number of nitrogens with one attached hydrogen (secondary N) is 16. The highest BCUT2D eigenvalue weighted by Crippen LogP contribution is 2.27. The van der Waals surface area contributed by atoms with Crippen molar-refractivity contribution in [2.45, 2.75) is 169 Å². The van der Waals surface area contributed by atoms with Crippen LogP contribution in [0.25, 0.3) is 0 Å². The Bertz CT molecular complexity index is 4270. The fourth-order valence-corrected chi connectivity index (χ4v) is 16.1. The summed E-state index contributed by atoms with van der Waals surface area (Å²) in [6.07, 6.45) is -3.63. The minimum atomic E-state index is -5.13. The molecule has 15 atom stereocenters. The maximum absolute atomic E-state index is 14.8. The van der Waals surface area contributed by atoms with E-state index in [-0.39, 0.29) is 37.1 Å². The number of benzene rings is 1. The van der Waals surface area contributed by atoms with Gasteiger partial charge in [-0.2, -0.15) is 8.42 Å². The molecule has 0 saturated carbocycles. The monoisotopic (exact) mass is 1790 g/mol. The lowest BCUT2D eigenvalue weighted by Gasteiger charge is -2.30. The number of aliphatic carboxylic acids is 2. The number of H-pyrrole nitrogens is 1. The Morgan fingerprint density at radius 3 is 1.53 bits per heavy atom. The number of hydrogen-bond donors (Lipinski definition) is 24. The van der Waals surface area contributed by atoms with Crippen molar-refractivity contribution in [3.63, 3.8) is 0 Å². The molecule has 3 fully saturated rings. The van der Waals surface area contributed by atoms with Crippen LogP contribution in [0.2, 0.25) is 0 Å². The number of aromatic nitrogens is 2. The number of hydrogen-bond acceptors (Lipinski definition) is 31. The number of aromatic amines is 1. The standard InChI is InChI=1S/C65H92N22O28S5/c1-27-51(96)73-28(2)52(97)78-35(15-46(68)90)57(102)80-36(16-47(69)91)56(101)77-33(10-11-45(67)89)54(99)81-37(17-50(94)95)58(103)79-34(13-30-6-8-32(9-7-30)115-120(112,113)114)55(100)86-43(65(110)111)25-119-118-24-42-62(107)83-39(21-88)59(104)82-38(14-31-19-70-26-72-31)64(109)87-12-4-5-44(87)63(108)75-29(3)53(98)84-41(60(105)74-27)23-117-116-22-40(61(106)85-42)76-49(93)20-71-48(92)18-66/h6-9,19,26-29,33-44,88H,4-5,10-18,20-25,66H2,1-3H3,(H2,67,89)(H2,68,90)(H2,69,91)(H,70,72)(H,71,92)(H,73,96)(H,74,105)(H,75,108)(H,76,93)(H,77,101)(H,78,97)(H,79,103)(H,80,102)(H,81,99)(H,82,104)(H,83,107)(H,84,98)(H,85,106)(H,86,100)(H,94,95)(H,110,111)(H,112,113,114)/t27-,28-,29-,33-,34-,35-,36-,37-,38-,39-,40-,41-,42-,43-,44-/m0/s1. The number of nitrogens with zero attached hydrogens (tertiary/aromatic N) is 2. The Hall–Kier alpha value is -11.7. The first kappa shape index (κ1) is 98.9. The summed E-state index contributed by atoms with van der Waals surface area (Å²) >= 11 is 0. The quantitative estimate of drug-likeness (QED) is 0.0408. The lowest BCUT2D eigenvalue weighted by Crippen LogP contribution is -2.61. The van der Waals surface area contributed by atoms with Crippen LogP contribution in [-0.4, -0.2) is 307 Å². The van der Waals surface area contributed by atoms with Crippen LogP contribution >= 0.6 is 43.2 Å². The number of aliphatic hydroxyl groups excluding tert-OH is 1. The zero-order valence-corrected chi connectivity index (χ0v) is 68.1. The first-order chi connectivity index (χ1) is 56.4. The van der Waals surface area contributed by atoms with Crippen molar-refractivity contribution in [2.75, 3.05) is 49.3 Å². The van der Waals surface area contributed by atoms with Crippen molar-refractivity contribution in [1.82, 2.24) is 94.6 Å². The van der Waals surface area contributed by atoms with E-state index >= 15 is 0 Å². The van der Waals surface area contributed by atoms with Crippen molar-refractivity contribution < 1.29 is 133 Å². The van der Waals surface area contributed by atoms with Crippen molar-refractivity contribution in [3.8, 4) is 5.75 Å². The number of primary amides is 3. The van der Waals surface area contributed by atoms with Crippen molar-refractivity contribution in [2.24, 2.45) is 22.9 Å². The van der Waals surface area contributed by atoms with Crippen LogP contribution in [0.1, 0.15) is 77.0 Å². The summed E-state index contributed by atoms with van der Waals surface area (Å²) in [7, 11) is -2.55. The summed E-state index contributed by atoms with van der Waals surface area (Å²) in [5.74, 6) is -30.1. The molecule has 0 radical (unpaired) electrons. The molecule has 1 aromatic carbocycles. The van der Waals surface area contributed by atoms with Crippen LogP contribution in [0, 0.1) is 0 Å². The Morgan fingerprint density at radius 1 is 0.533 bits per heavy atom. The smallest absolute Gasteiger partial charge is 0.446 e. The van der Waals surface area contributed by atoms with Crippen molar-refractivity contribution in [1.29, 1.82) is 0 Å². The van der Waals surface area contributed by atoms with Gasteiger partial charge in [0.15, 0.2) is 0 Å². The van der Waals surface area contributed by atoms with Gasteiger partial charge in [-0.25, -0.2) is 9.78 Å². The van der Waals surface area contributed by atoms with E-state index in [0.29, 0.717) is 32.4 Å². The van der Waals surface area contributed by atoms with Gasteiger partial charge in [0.25, 0.3) is 0 Å². The molecular formula is C65H92N22O28S5. The molecule has 3 saturated heterocycles. The number of nitrogens with two attached hydrogens (primary N) is 4. The topological polar surface area (TPSA) is 799 Å². The van der Waals surface area contributed by atoms with E-state index in [0.717, 1.165) is 53.8 Å². The minimum absolute atomic E-state index is 0.00437. The number of carboxylic acids is 2. The highest BCUT2D eigenvalue weighted by molar-refractivity contribution is 8.77. The first-order valence-electron chi connectivity index (χ1n) is 36.1. The fourth-order valence-electron chi connectivity index (χ4n) is 11.1. The van der Waals surface area contributed by atoms with Gasteiger partial charge in [0, 0.05) is 60.7 Å². The molecular weight excluding hydrogens is 1700 g/mol. The molecule has 1 aromatic heterocycles. The second kappa shape index (κ2) is 47.8. The second-order valence-corrected chi connectivity index (χ2v) is 33.0. The molecule has 3 aliphatic rings. The van der Waals surface area contributed by atoms with E-state index < -0.39 is 312 Å². The SMILES string of the molecule is C[C@@H]1NC(=O)[C@H](C)NC(=O)[C@@H]2CSSC[C@H](NC(=O)CNC(=O)CN)C(=O)N[C@@H](CSSC[C@@H](C(=O)O)NC(=O)[C@H](Cc3ccc(OS(=O)(=O)O)cc3)NC(=O)[C@H](CC(=O)O)NC(=O)[C@H](CCC(N)=O)NC(=O)[C@H](CC(N)=O)NC(=O)[C@H](CC(N)=O)NC1=O)C(=O)N[C@@H](CO)C(=O)N[C@@H](Cc1cnc[nH]1)C(=O)N1CCC[C@H]1C(=O)N[C@@H](C)C(=O)N2. The summed E-state index contributed by atoms with van der Waals surface area (Å²) < 4.78 is 36.8. The molecule has 0 spiro atoms. The van der Waals surface area contributed by atoms with E-state index in [9.17, 15) is 129 Å². The molecule has 0 unspecified atom stereocenters. The van der Waals surface area contributed by atoms with Crippen LogP contribution in [0.5, 0.6) is 5.75 Å². The molecule has 28 N–H and O–H groups in total. The van der Waals surface area contributed by atoms with Gasteiger partial charge in [-0.3, -0.25) is 100 Å². The molecule has 55 heteroatoms. The molecule has 660 valence electrons. The summed E-state index contributed by atoms with van der Waals surface area (Å²) in [5, 5.41) is 65.4. The fraction of sp³-hybridized carbons (Fsp3) is 0.538. The number of imidazole rings is 1. The van der Waals surface area contributed by atoms with E-state index in [1.807, 2.05) is 5.32 Å². The van der Waals surface area contributed by atoms with Gasteiger partial charge < -0.3 is 132 Å². The van der Waals surface area contributed by atoms with Gasteiger partial charge >= 0.3 is 22.3 Å². The molecule has 2 aromatic rings. The number of aliphatic hydroxyl groups is 1. The molecule has 5 rings (SSSR count). The van der Waals surface area contributed by atoms with Crippen LogP contribution in [0.15, 0.2) is 36.8 Å². The average Bonchev–Trinajstić information content (AvgIpc) is 1.65. The van der Waals surface area contributed by atoms with Crippen LogP contribution < -0.4 is 107 Å². The first-order valence-corrected chi connectivity index (χ1v) is 42.4. The summed E-state index contributed by atoms with van der Waals surface area (Å²) in [5.41, 5.74) is 21.8. The van der Waals surface area contributed by atoms with Gasteiger partial charge in [0.1, 0.15) is 96.4 Å². The maximum atomic E-state index is 14.8. The summed E-state index contributed by atoms with van der Waals surface area (Å²) in [6.45, 7) is 0.584. The predicted octanol–water partition coefficient (Wildman–Crippen LogP) is -12.4. The largest absolute Gasteiger partial charge is 0.481 e. The van der Waals surface area contributed by atoms with Gasteiger partial charge in [-0.1, -0.05) is 55.3 Å². The van der Waals surface area contributed by atoms with Crippen LogP contribution in [0.3, 0.4) is 0 Å². The van der Waals surface area contributed by atoms with E-state index in [4.69, 9.17) is 22.9 Å². The van der Waals surface area contributed by atoms with Gasteiger partial charge in [0.2, 0.25) is 112 Å². The maximum Gasteiger partial charge on any atom is 0.446 e. The van der Waals surface area contributed by atoms with Crippen LogP contribution in [-0.2, 0) is 124 Å².